The van der Waals surface area contributed by atoms with Crippen LogP contribution in [0.1, 0.15) is 31.2 Å². The van der Waals surface area contributed by atoms with Gasteiger partial charge in [0.2, 0.25) is 0 Å². The largest absolute Gasteiger partial charge is 0.364 e. The van der Waals surface area contributed by atoms with Crippen molar-refractivity contribution in [3.8, 4) is 11.1 Å². The molecule has 0 radical (unpaired) electrons. The molecule has 3 aromatic heterocycles. The van der Waals surface area contributed by atoms with Crippen molar-refractivity contribution in [3.63, 3.8) is 0 Å². The van der Waals surface area contributed by atoms with Crippen LogP contribution in [0.4, 0.5) is 5.82 Å². The standard InChI is InChI=1S/C21H21N5/c1-15(2)19-12-20(23-13-17-10-6-7-11-22-17)26-21(25-19)18(14-24-26)16-8-4-3-5-9-16/h3-12,14-15,23H,13H2,1-2H3. The number of fused-ring (bicyclic) bond motifs is 1. The maximum Gasteiger partial charge on any atom is 0.165 e. The van der Waals surface area contributed by atoms with Crippen molar-refractivity contribution >= 4 is 11.5 Å². The molecule has 4 rings (SSSR count). The number of anilines is 1. The molecule has 1 aromatic carbocycles. The van der Waals surface area contributed by atoms with E-state index < -0.39 is 0 Å². The van der Waals surface area contributed by atoms with Gasteiger partial charge in [-0.3, -0.25) is 4.98 Å². The fourth-order valence-electron chi connectivity index (χ4n) is 2.91. The van der Waals surface area contributed by atoms with Gasteiger partial charge in [0.15, 0.2) is 5.65 Å². The minimum atomic E-state index is 0.328. The van der Waals surface area contributed by atoms with E-state index >= 15 is 0 Å². The van der Waals surface area contributed by atoms with Gasteiger partial charge in [-0.05, 0) is 23.6 Å². The molecule has 1 N–H and O–H groups in total. The fraction of sp³-hybridized carbons (Fsp3) is 0.190. The van der Waals surface area contributed by atoms with Gasteiger partial charge in [-0.1, -0.05) is 50.2 Å². The van der Waals surface area contributed by atoms with Gasteiger partial charge in [0.05, 0.1) is 18.4 Å². The Kier molecular flexibility index (Phi) is 4.35. The van der Waals surface area contributed by atoms with Crippen LogP contribution < -0.4 is 5.32 Å². The molecule has 5 heteroatoms. The third-order valence-corrected chi connectivity index (χ3v) is 4.34. The number of aromatic nitrogens is 4. The van der Waals surface area contributed by atoms with E-state index in [1.807, 2.05) is 47.1 Å². The molecule has 4 aromatic rings. The van der Waals surface area contributed by atoms with Crippen LogP contribution in [0, 0.1) is 0 Å². The van der Waals surface area contributed by atoms with E-state index in [2.05, 4.69) is 47.4 Å². The minimum absolute atomic E-state index is 0.328. The van der Waals surface area contributed by atoms with Crippen LogP contribution in [0.5, 0.6) is 0 Å². The Morgan fingerprint density at radius 3 is 2.58 bits per heavy atom. The summed E-state index contributed by atoms with van der Waals surface area (Å²) in [6.07, 6.45) is 3.69. The van der Waals surface area contributed by atoms with E-state index in [4.69, 9.17) is 4.98 Å². The maximum absolute atomic E-state index is 4.87. The summed E-state index contributed by atoms with van der Waals surface area (Å²) in [5, 5.41) is 8.04. The van der Waals surface area contributed by atoms with Crippen LogP contribution in [0.15, 0.2) is 67.0 Å². The molecule has 0 amide bonds. The second-order valence-corrected chi connectivity index (χ2v) is 6.56. The monoisotopic (exact) mass is 343 g/mol. The number of nitrogens with zero attached hydrogens (tertiary/aromatic N) is 4. The van der Waals surface area contributed by atoms with Crippen LogP contribution in [0.2, 0.25) is 0 Å². The van der Waals surface area contributed by atoms with Crippen molar-refractivity contribution in [2.75, 3.05) is 5.32 Å². The highest BCUT2D eigenvalue weighted by Crippen LogP contribution is 2.27. The molecule has 0 spiro atoms. The van der Waals surface area contributed by atoms with Crippen LogP contribution >= 0.6 is 0 Å². The number of pyridine rings is 1. The molecule has 0 aliphatic carbocycles. The summed E-state index contributed by atoms with van der Waals surface area (Å²) < 4.78 is 1.87. The number of benzene rings is 1. The molecule has 0 unspecified atom stereocenters. The molecule has 5 nitrogen and oxygen atoms in total. The van der Waals surface area contributed by atoms with Crippen molar-refractivity contribution in [1.29, 1.82) is 0 Å². The maximum atomic E-state index is 4.87. The van der Waals surface area contributed by atoms with Crippen molar-refractivity contribution in [2.45, 2.75) is 26.3 Å². The predicted octanol–water partition coefficient (Wildman–Crippen LogP) is 4.53. The summed E-state index contributed by atoms with van der Waals surface area (Å²) in [6, 6.07) is 18.2. The topological polar surface area (TPSA) is 55.1 Å². The molecular weight excluding hydrogens is 322 g/mol. The molecule has 0 saturated carbocycles. The van der Waals surface area contributed by atoms with Gasteiger partial charge in [-0.2, -0.15) is 9.61 Å². The summed E-state index contributed by atoms with van der Waals surface area (Å²) in [5.41, 5.74) is 5.05. The average molecular weight is 343 g/mol. The second kappa shape index (κ2) is 6.96. The van der Waals surface area contributed by atoms with Crippen LogP contribution in [-0.2, 0) is 6.54 Å². The molecular formula is C21H21N5. The summed E-state index contributed by atoms with van der Waals surface area (Å²) in [6.45, 7) is 4.94. The van der Waals surface area contributed by atoms with Crippen molar-refractivity contribution in [3.05, 3.63) is 78.4 Å². The van der Waals surface area contributed by atoms with E-state index in [0.29, 0.717) is 12.5 Å². The van der Waals surface area contributed by atoms with Crippen LogP contribution in [0.25, 0.3) is 16.8 Å². The van der Waals surface area contributed by atoms with Crippen molar-refractivity contribution in [1.82, 2.24) is 19.6 Å². The average Bonchev–Trinajstić information content (AvgIpc) is 3.11. The van der Waals surface area contributed by atoms with Gasteiger partial charge in [-0.25, -0.2) is 4.98 Å². The third-order valence-electron chi connectivity index (χ3n) is 4.34. The molecule has 26 heavy (non-hydrogen) atoms. The molecule has 0 aliphatic rings. The molecule has 0 bridgehead atoms. The summed E-state index contributed by atoms with van der Waals surface area (Å²) in [7, 11) is 0. The number of hydrogen-bond acceptors (Lipinski definition) is 4. The van der Waals surface area contributed by atoms with Crippen LogP contribution in [0.3, 0.4) is 0 Å². The second-order valence-electron chi connectivity index (χ2n) is 6.56. The fourth-order valence-corrected chi connectivity index (χ4v) is 2.91. The molecule has 0 aliphatic heterocycles. The first-order valence-electron chi connectivity index (χ1n) is 8.80. The number of nitrogens with one attached hydrogen (secondary N) is 1. The lowest BCUT2D eigenvalue weighted by Gasteiger charge is -2.12. The first-order valence-corrected chi connectivity index (χ1v) is 8.80. The zero-order valence-corrected chi connectivity index (χ0v) is 14.9. The summed E-state index contributed by atoms with van der Waals surface area (Å²) >= 11 is 0. The normalized spacial score (nSPS) is 11.2. The van der Waals surface area contributed by atoms with Gasteiger partial charge in [-0.15, -0.1) is 0 Å². The number of rotatable bonds is 5. The summed E-state index contributed by atoms with van der Waals surface area (Å²) in [5.74, 6) is 1.25. The third kappa shape index (κ3) is 3.16. The molecule has 0 atom stereocenters. The van der Waals surface area contributed by atoms with Gasteiger partial charge < -0.3 is 5.32 Å². The van der Waals surface area contributed by atoms with E-state index in [-0.39, 0.29) is 0 Å². The Hall–Kier alpha value is -3.21. The van der Waals surface area contributed by atoms with E-state index in [1.54, 1.807) is 6.20 Å². The Morgan fingerprint density at radius 1 is 1.04 bits per heavy atom. The quantitative estimate of drug-likeness (QED) is 0.578. The predicted molar refractivity (Wildman–Crippen MR) is 104 cm³/mol. The van der Waals surface area contributed by atoms with E-state index in [1.165, 1.54) is 0 Å². The van der Waals surface area contributed by atoms with Crippen LogP contribution in [-0.4, -0.2) is 19.6 Å². The first-order chi connectivity index (χ1) is 12.7. The SMILES string of the molecule is CC(C)c1cc(NCc2ccccn2)n2ncc(-c3ccccc3)c2n1. The molecule has 0 saturated heterocycles. The Morgan fingerprint density at radius 2 is 1.85 bits per heavy atom. The minimum Gasteiger partial charge on any atom is -0.364 e. The van der Waals surface area contributed by atoms with Gasteiger partial charge >= 0.3 is 0 Å². The van der Waals surface area contributed by atoms with Gasteiger partial charge in [0.1, 0.15) is 5.82 Å². The zero-order chi connectivity index (χ0) is 17.9. The molecule has 0 fully saturated rings. The van der Waals surface area contributed by atoms with E-state index in [9.17, 15) is 0 Å². The lowest BCUT2D eigenvalue weighted by molar-refractivity contribution is 0.807. The highest BCUT2D eigenvalue weighted by molar-refractivity contribution is 5.78. The Bertz CT molecular complexity index is 1010. The lowest BCUT2D eigenvalue weighted by Crippen LogP contribution is -2.09. The highest BCUT2D eigenvalue weighted by Gasteiger charge is 2.14. The Labute approximate surface area is 152 Å². The number of hydrogen-bond donors (Lipinski definition) is 1. The smallest absolute Gasteiger partial charge is 0.165 e. The van der Waals surface area contributed by atoms with Crippen molar-refractivity contribution in [2.24, 2.45) is 0 Å². The highest BCUT2D eigenvalue weighted by atomic mass is 15.3. The van der Waals surface area contributed by atoms with Crippen molar-refractivity contribution < 1.29 is 0 Å². The lowest BCUT2D eigenvalue weighted by atomic mass is 10.1. The summed E-state index contributed by atoms with van der Waals surface area (Å²) in [4.78, 5) is 9.25. The van der Waals surface area contributed by atoms with Gasteiger partial charge in [0.25, 0.3) is 0 Å². The van der Waals surface area contributed by atoms with E-state index in [0.717, 1.165) is 34.0 Å². The van der Waals surface area contributed by atoms with Gasteiger partial charge in [0, 0.05) is 23.5 Å². The zero-order valence-electron chi connectivity index (χ0n) is 14.9. The molecule has 130 valence electrons. The molecule has 3 heterocycles. The Balaban J connectivity index is 1.78. The first kappa shape index (κ1) is 16.3.